The summed E-state index contributed by atoms with van der Waals surface area (Å²) in [5, 5.41) is 0. The van der Waals surface area contributed by atoms with Crippen molar-refractivity contribution >= 4 is 24.3 Å². The molecule has 0 spiro atoms. The smallest absolute Gasteiger partial charge is 0.166 e. The summed E-state index contributed by atoms with van der Waals surface area (Å²) in [5.74, 6) is 0. The molecule has 3 heteroatoms. The SMILES string of the molecule is Cc1ccc(/C=C/c2ccc(/C=C/c3ccc(C(F)(F)F)cc3)cc2)cc1. The van der Waals surface area contributed by atoms with Gasteiger partial charge >= 0.3 is 6.18 Å². The molecule has 0 aliphatic carbocycles. The van der Waals surface area contributed by atoms with Crippen LogP contribution in [0.25, 0.3) is 24.3 Å². The minimum Gasteiger partial charge on any atom is -0.166 e. The van der Waals surface area contributed by atoms with Gasteiger partial charge in [0.2, 0.25) is 0 Å². The maximum atomic E-state index is 12.6. The van der Waals surface area contributed by atoms with E-state index in [0.717, 1.165) is 34.4 Å². The zero-order chi connectivity index (χ0) is 19.3. The number of alkyl halides is 3. The topological polar surface area (TPSA) is 0 Å². The third kappa shape index (κ3) is 5.45. The second-order valence-electron chi connectivity index (χ2n) is 6.36. The first-order chi connectivity index (χ1) is 12.9. The molecule has 0 nitrogen and oxygen atoms in total. The summed E-state index contributed by atoms with van der Waals surface area (Å²) in [5.41, 5.74) is 4.54. The van der Waals surface area contributed by atoms with Crippen LogP contribution in [0.4, 0.5) is 13.2 Å². The molecule has 27 heavy (non-hydrogen) atoms. The van der Waals surface area contributed by atoms with E-state index in [1.165, 1.54) is 17.7 Å². The average Bonchev–Trinajstić information content (AvgIpc) is 2.66. The highest BCUT2D eigenvalue weighted by molar-refractivity contribution is 5.73. The van der Waals surface area contributed by atoms with Crippen LogP contribution in [0, 0.1) is 6.92 Å². The van der Waals surface area contributed by atoms with Crippen LogP contribution in [-0.4, -0.2) is 0 Å². The molecule has 0 bridgehead atoms. The Balaban J connectivity index is 1.65. The zero-order valence-electron chi connectivity index (χ0n) is 14.9. The lowest BCUT2D eigenvalue weighted by molar-refractivity contribution is -0.137. The van der Waals surface area contributed by atoms with Crippen LogP contribution in [-0.2, 0) is 6.18 Å². The van der Waals surface area contributed by atoms with Crippen LogP contribution in [0.15, 0.2) is 72.8 Å². The molecule has 0 atom stereocenters. The van der Waals surface area contributed by atoms with Crippen molar-refractivity contribution in [1.29, 1.82) is 0 Å². The molecule has 0 amide bonds. The maximum absolute atomic E-state index is 12.6. The van der Waals surface area contributed by atoms with Crippen LogP contribution in [0.2, 0.25) is 0 Å². The Labute approximate surface area is 157 Å². The number of benzene rings is 3. The fourth-order valence-corrected chi connectivity index (χ4v) is 2.56. The van der Waals surface area contributed by atoms with E-state index in [0.29, 0.717) is 0 Å². The molecule has 0 aliphatic rings. The molecule has 0 saturated carbocycles. The van der Waals surface area contributed by atoms with E-state index in [1.54, 1.807) is 6.08 Å². The van der Waals surface area contributed by atoms with E-state index in [4.69, 9.17) is 0 Å². The average molecular weight is 364 g/mol. The number of halogens is 3. The van der Waals surface area contributed by atoms with E-state index in [-0.39, 0.29) is 0 Å². The highest BCUT2D eigenvalue weighted by Gasteiger charge is 2.29. The standard InChI is InChI=1S/C24H19F3/c1-18-2-4-19(5-3-18)6-7-20-8-10-21(11-9-20)12-13-22-14-16-23(17-15-22)24(25,26)27/h2-17H,1H3/b7-6+,13-12+. The minimum absolute atomic E-state index is 0.635. The number of aryl methyl sites for hydroxylation is 1. The second-order valence-corrected chi connectivity index (χ2v) is 6.36. The molecule has 0 N–H and O–H groups in total. The molecule has 0 aliphatic heterocycles. The molecular weight excluding hydrogens is 345 g/mol. The van der Waals surface area contributed by atoms with E-state index in [9.17, 15) is 13.2 Å². The van der Waals surface area contributed by atoms with E-state index in [1.807, 2.05) is 36.4 Å². The lowest BCUT2D eigenvalue weighted by atomic mass is 10.1. The largest absolute Gasteiger partial charge is 0.416 e. The molecule has 0 fully saturated rings. The van der Waals surface area contributed by atoms with Crippen molar-refractivity contribution in [3.8, 4) is 0 Å². The van der Waals surface area contributed by atoms with Gasteiger partial charge in [-0.25, -0.2) is 0 Å². The number of rotatable bonds is 4. The Kier molecular flexibility index (Phi) is 5.60. The molecule has 0 radical (unpaired) electrons. The van der Waals surface area contributed by atoms with Crippen molar-refractivity contribution in [2.45, 2.75) is 13.1 Å². The molecule has 3 rings (SSSR count). The summed E-state index contributed by atoms with van der Waals surface area (Å²) in [4.78, 5) is 0. The predicted octanol–water partition coefficient (Wildman–Crippen LogP) is 7.35. The van der Waals surface area contributed by atoms with Gasteiger partial charge in [0.15, 0.2) is 0 Å². The van der Waals surface area contributed by atoms with Gasteiger partial charge in [-0.15, -0.1) is 0 Å². The normalized spacial score (nSPS) is 12.1. The fraction of sp³-hybridized carbons (Fsp3) is 0.0833. The van der Waals surface area contributed by atoms with Crippen molar-refractivity contribution in [3.05, 3.63) is 106 Å². The van der Waals surface area contributed by atoms with E-state index in [2.05, 4.69) is 37.3 Å². The molecule has 0 aromatic heterocycles. The Morgan fingerprint density at radius 2 is 0.815 bits per heavy atom. The lowest BCUT2D eigenvalue weighted by Gasteiger charge is -2.05. The first kappa shape index (κ1) is 18.7. The van der Waals surface area contributed by atoms with E-state index >= 15 is 0 Å². The van der Waals surface area contributed by atoms with Crippen molar-refractivity contribution in [3.63, 3.8) is 0 Å². The van der Waals surface area contributed by atoms with Crippen LogP contribution >= 0.6 is 0 Å². The van der Waals surface area contributed by atoms with Gasteiger partial charge in [-0.2, -0.15) is 13.2 Å². The van der Waals surface area contributed by atoms with Crippen LogP contribution < -0.4 is 0 Å². The van der Waals surface area contributed by atoms with Gasteiger partial charge in [0, 0.05) is 0 Å². The zero-order valence-corrected chi connectivity index (χ0v) is 14.9. The summed E-state index contributed by atoms with van der Waals surface area (Å²) in [6, 6.07) is 21.4. The monoisotopic (exact) mass is 364 g/mol. The van der Waals surface area contributed by atoms with Crippen LogP contribution in [0.5, 0.6) is 0 Å². The van der Waals surface area contributed by atoms with Gasteiger partial charge in [0.25, 0.3) is 0 Å². The van der Waals surface area contributed by atoms with Gasteiger partial charge in [-0.05, 0) is 41.3 Å². The van der Waals surface area contributed by atoms with Crippen molar-refractivity contribution < 1.29 is 13.2 Å². The molecule has 3 aromatic carbocycles. The quantitative estimate of drug-likeness (QED) is 0.424. The molecule has 136 valence electrons. The molecule has 3 aromatic rings. The van der Waals surface area contributed by atoms with Crippen molar-refractivity contribution in [1.82, 2.24) is 0 Å². The van der Waals surface area contributed by atoms with Crippen molar-refractivity contribution in [2.75, 3.05) is 0 Å². The van der Waals surface area contributed by atoms with Gasteiger partial charge in [0.05, 0.1) is 5.56 Å². The van der Waals surface area contributed by atoms with Gasteiger partial charge in [-0.1, -0.05) is 90.5 Å². The highest BCUT2D eigenvalue weighted by atomic mass is 19.4. The summed E-state index contributed by atoms with van der Waals surface area (Å²) >= 11 is 0. The molecule has 0 heterocycles. The van der Waals surface area contributed by atoms with Gasteiger partial charge in [0.1, 0.15) is 0 Å². The van der Waals surface area contributed by atoms with Crippen molar-refractivity contribution in [2.24, 2.45) is 0 Å². The van der Waals surface area contributed by atoms with E-state index < -0.39 is 11.7 Å². The predicted molar refractivity (Wildman–Crippen MR) is 107 cm³/mol. The van der Waals surface area contributed by atoms with Crippen LogP contribution in [0.1, 0.15) is 33.4 Å². The van der Waals surface area contributed by atoms with Crippen LogP contribution in [0.3, 0.4) is 0 Å². The molecule has 0 unspecified atom stereocenters. The first-order valence-corrected chi connectivity index (χ1v) is 8.60. The summed E-state index contributed by atoms with van der Waals surface area (Å²) in [6.45, 7) is 2.06. The third-order valence-electron chi connectivity index (χ3n) is 4.19. The maximum Gasteiger partial charge on any atom is 0.416 e. The Morgan fingerprint density at radius 1 is 0.519 bits per heavy atom. The Morgan fingerprint density at radius 3 is 1.15 bits per heavy atom. The highest BCUT2D eigenvalue weighted by Crippen LogP contribution is 2.29. The first-order valence-electron chi connectivity index (χ1n) is 8.60. The number of hydrogen-bond donors (Lipinski definition) is 0. The van der Waals surface area contributed by atoms with Gasteiger partial charge < -0.3 is 0 Å². The Bertz CT molecular complexity index is 927. The second kappa shape index (κ2) is 8.09. The molecular formula is C24H19F3. The Hall–Kier alpha value is -3.07. The summed E-state index contributed by atoms with van der Waals surface area (Å²) in [6.07, 6.45) is 3.50. The summed E-state index contributed by atoms with van der Waals surface area (Å²) < 4.78 is 37.7. The number of hydrogen-bond acceptors (Lipinski definition) is 0. The summed E-state index contributed by atoms with van der Waals surface area (Å²) in [7, 11) is 0. The lowest BCUT2D eigenvalue weighted by Crippen LogP contribution is -2.03. The third-order valence-corrected chi connectivity index (χ3v) is 4.19. The fourth-order valence-electron chi connectivity index (χ4n) is 2.56. The molecule has 0 saturated heterocycles. The minimum atomic E-state index is -4.30. The van der Waals surface area contributed by atoms with Gasteiger partial charge in [-0.3, -0.25) is 0 Å².